The van der Waals surface area contributed by atoms with Gasteiger partial charge in [0.2, 0.25) is 11.0 Å². The first-order valence-electron chi connectivity index (χ1n) is 10.0. The van der Waals surface area contributed by atoms with Crippen molar-refractivity contribution in [1.29, 1.82) is 0 Å². The predicted molar refractivity (Wildman–Crippen MR) is 135 cm³/mol. The fraction of sp³-hybridized carbons (Fsp3) is 0.273. The molecule has 0 aliphatic heterocycles. The van der Waals surface area contributed by atoms with Gasteiger partial charge in [0.1, 0.15) is 11.0 Å². The molecule has 10 heteroatoms. The molecule has 2 aromatic carbocycles. The number of anilines is 2. The molecule has 0 bridgehead atoms. The molecule has 0 fully saturated rings. The Morgan fingerprint density at radius 3 is 2.53 bits per heavy atom. The van der Waals surface area contributed by atoms with E-state index in [1.165, 1.54) is 11.3 Å². The molecule has 1 heterocycles. The number of urea groups is 1. The van der Waals surface area contributed by atoms with Crippen molar-refractivity contribution in [3.05, 3.63) is 53.0 Å². The normalized spacial score (nSPS) is 12.6. The molecule has 0 radical (unpaired) electrons. The van der Waals surface area contributed by atoms with E-state index in [4.69, 9.17) is 0 Å². The third-order valence-electron chi connectivity index (χ3n) is 4.86. The number of nitrogens with one attached hydrogen (secondary N) is 3. The van der Waals surface area contributed by atoms with Crippen molar-refractivity contribution >= 4 is 61.8 Å². The first-order valence-corrected chi connectivity index (χ1v) is 12.8. The topological polar surface area (TPSA) is 96.0 Å². The Morgan fingerprint density at radius 2 is 1.88 bits per heavy atom. The van der Waals surface area contributed by atoms with Gasteiger partial charge >= 0.3 is 6.03 Å². The maximum Gasteiger partial charge on any atom is 0.319 e. The average molecular weight is 535 g/mol. The summed E-state index contributed by atoms with van der Waals surface area (Å²) in [5.41, 5.74) is 1.56. The molecule has 0 aliphatic carbocycles. The molecule has 32 heavy (non-hydrogen) atoms. The lowest BCUT2D eigenvalue weighted by Gasteiger charge is -2.23. The highest BCUT2D eigenvalue weighted by molar-refractivity contribution is 9.10. The highest BCUT2D eigenvalue weighted by Gasteiger charge is 2.27. The summed E-state index contributed by atoms with van der Waals surface area (Å²) in [6.07, 6.45) is 2.71. The Morgan fingerprint density at radius 1 is 1.12 bits per heavy atom. The van der Waals surface area contributed by atoms with Crippen LogP contribution in [0.15, 0.2) is 57.9 Å². The smallest absolute Gasteiger partial charge is 0.319 e. The van der Waals surface area contributed by atoms with Gasteiger partial charge in [0.25, 0.3) is 0 Å². The molecule has 3 amide bonds. The fourth-order valence-electron chi connectivity index (χ4n) is 2.88. The molecule has 0 spiro atoms. The third-order valence-corrected chi connectivity index (χ3v) is 6.98. The van der Waals surface area contributed by atoms with E-state index < -0.39 is 12.1 Å². The molecule has 3 aromatic rings. The van der Waals surface area contributed by atoms with Gasteiger partial charge in [-0.3, -0.25) is 10.1 Å². The van der Waals surface area contributed by atoms with Crippen molar-refractivity contribution < 1.29 is 9.59 Å². The van der Waals surface area contributed by atoms with Crippen LogP contribution in [-0.4, -0.2) is 34.4 Å². The summed E-state index contributed by atoms with van der Waals surface area (Å²) in [7, 11) is 0. The molecule has 0 unspecified atom stereocenters. The van der Waals surface area contributed by atoms with Gasteiger partial charge in [0.05, 0.1) is 0 Å². The van der Waals surface area contributed by atoms with E-state index in [0.717, 1.165) is 21.4 Å². The molecular formula is C22H24BrN5O2S2. The Balaban J connectivity index is 1.66. The van der Waals surface area contributed by atoms with E-state index in [1.807, 2.05) is 68.6 Å². The van der Waals surface area contributed by atoms with Crippen LogP contribution in [0.25, 0.3) is 10.6 Å². The maximum atomic E-state index is 13.0. The van der Waals surface area contributed by atoms with Crippen LogP contribution < -0.4 is 16.0 Å². The molecule has 0 saturated carbocycles. The van der Waals surface area contributed by atoms with Crippen molar-refractivity contribution in [2.24, 2.45) is 5.92 Å². The second-order valence-electron chi connectivity index (χ2n) is 7.10. The van der Waals surface area contributed by atoms with E-state index in [-0.39, 0.29) is 11.8 Å². The molecule has 3 rings (SSSR count). The molecule has 7 nitrogen and oxygen atoms in total. The zero-order chi connectivity index (χ0) is 23.1. The summed E-state index contributed by atoms with van der Waals surface area (Å²) in [6, 6.07) is 14.1. The number of thioether (sulfide) groups is 1. The summed E-state index contributed by atoms with van der Waals surface area (Å²) in [5, 5.41) is 17.7. The van der Waals surface area contributed by atoms with Gasteiger partial charge in [0, 0.05) is 20.6 Å². The minimum absolute atomic E-state index is 0.0721. The van der Waals surface area contributed by atoms with Gasteiger partial charge in [-0.1, -0.05) is 59.7 Å². The monoisotopic (exact) mass is 533 g/mol. The van der Waals surface area contributed by atoms with Crippen LogP contribution in [0.5, 0.6) is 0 Å². The van der Waals surface area contributed by atoms with Gasteiger partial charge in [-0.25, -0.2) is 4.79 Å². The standard InChI is InChI=1S/C22H24BrN5O2S2/c1-4-13(2)18(25-21(30)24-16-8-10-17(31-3)11-9-16)19(29)26-22-28-27-20(32-22)14-6-5-7-15(23)12-14/h5-13,18H,4H2,1-3H3,(H2,24,25,30)(H,26,28,29)/t13-,18-/m1/s1. The number of carbonyl (C=O) groups is 2. The van der Waals surface area contributed by atoms with Crippen molar-refractivity contribution in [1.82, 2.24) is 15.5 Å². The van der Waals surface area contributed by atoms with Crippen LogP contribution in [0.2, 0.25) is 0 Å². The number of rotatable bonds is 8. The van der Waals surface area contributed by atoms with E-state index >= 15 is 0 Å². The van der Waals surface area contributed by atoms with Crippen molar-refractivity contribution in [3.8, 4) is 10.6 Å². The first kappa shape index (κ1) is 24.2. The minimum Gasteiger partial charge on any atom is -0.326 e. The Hall–Kier alpha value is -2.43. The number of carbonyl (C=O) groups excluding carboxylic acids is 2. The number of benzene rings is 2. The lowest BCUT2D eigenvalue weighted by molar-refractivity contribution is -0.119. The quantitative estimate of drug-likeness (QED) is 0.315. The molecule has 168 valence electrons. The van der Waals surface area contributed by atoms with E-state index in [2.05, 4.69) is 42.1 Å². The van der Waals surface area contributed by atoms with Crippen molar-refractivity contribution in [2.45, 2.75) is 31.2 Å². The zero-order valence-corrected chi connectivity index (χ0v) is 21.1. The number of aromatic nitrogens is 2. The van der Waals surface area contributed by atoms with Gasteiger partial charge in [-0.15, -0.1) is 22.0 Å². The zero-order valence-electron chi connectivity index (χ0n) is 17.9. The number of hydrogen-bond acceptors (Lipinski definition) is 6. The Kier molecular flexibility index (Phi) is 8.66. The second kappa shape index (κ2) is 11.4. The summed E-state index contributed by atoms with van der Waals surface area (Å²) in [5.74, 6) is -0.402. The Bertz CT molecular complexity index is 1070. The molecular weight excluding hydrogens is 510 g/mol. The number of hydrogen-bond donors (Lipinski definition) is 3. The number of nitrogens with zero attached hydrogens (tertiary/aromatic N) is 2. The van der Waals surface area contributed by atoms with E-state index in [0.29, 0.717) is 15.8 Å². The first-order chi connectivity index (χ1) is 15.4. The van der Waals surface area contributed by atoms with Gasteiger partial charge in [-0.05, 0) is 48.6 Å². The third kappa shape index (κ3) is 6.54. The van der Waals surface area contributed by atoms with Gasteiger partial charge in [-0.2, -0.15) is 0 Å². The lowest BCUT2D eigenvalue weighted by atomic mass is 9.98. The average Bonchev–Trinajstić information content (AvgIpc) is 3.26. The highest BCUT2D eigenvalue weighted by Crippen LogP contribution is 2.28. The summed E-state index contributed by atoms with van der Waals surface area (Å²) in [6.45, 7) is 3.90. The van der Waals surface area contributed by atoms with E-state index in [1.54, 1.807) is 11.8 Å². The predicted octanol–water partition coefficient (Wildman–Crippen LogP) is 5.86. The van der Waals surface area contributed by atoms with E-state index in [9.17, 15) is 9.59 Å². The molecule has 1 aromatic heterocycles. The minimum atomic E-state index is -0.719. The largest absolute Gasteiger partial charge is 0.326 e. The van der Waals surface area contributed by atoms with Crippen LogP contribution in [0.4, 0.5) is 15.6 Å². The molecule has 0 saturated heterocycles. The van der Waals surface area contributed by atoms with Crippen LogP contribution in [0.1, 0.15) is 20.3 Å². The van der Waals surface area contributed by atoms with Gasteiger partial charge in [0.15, 0.2) is 0 Å². The van der Waals surface area contributed by atoms with Crippen LogP contribution in [0.3, 0.4) is 0 Å². The highest BCUT2D eigenvalue weighted by atomic mass is 79.9. The van der Waals surface area contributed by atoms with Crippen LogP contribution in [-0.2, 0) is 4.79 Å². The van der Waals surface area contributed by atoms with Crippen LogP contribution in [0, 0.1) is 5.92 Å². The SMILES string of the molecule is CC[C@@H](C)[C@@H](NC(=O)Nc1ccc(SC)cc1)C(=O)Nc1nnc(-c2cccc(Br)c2)s1. The summed E-state index contributed by atoms with van der Waals surface area (Å²) in [4.78, 5) is 26.6. The maximum absolute atomic E-state index is 13.0. The Labute approximate surface area is 203 Å². The molecule has 0 aliphatic rings. The van der Waals surface area contributed by atoms with Crippen LogP contribution >= 0.6 is 39.0 Å². The second-order valence-corrected chi connectivity index (χ2v) is 9.87. The lowest BCUT2D eigenvalue weighted by Crippen LogP contribution is -2.49. The summed E-state index contributed by atoms with van der Waals surface area (Å²) >= 11 is 6.35. The van der Waals surface area contributed by atoms with Crippen molar-refractivity contribution in [3.63, 3.8) is 0 Å². The number of amides is 3. The van der Waals surface area contributed by atoms with Gasteiger partial charge < -0.3 is 10.6 Å². The molecule has 2 atom stereocenters. The summed E-state index contributed by atoms with van der Waals surface area (Å²) < 4.78 is 0.936. The fourth-order valence-corrected chi connectivity index (χ4v) is 4.43. The molecule has 3 N–H and O–H groups in total. The van der Waals surface area contributed by atoms with Crippen molar-refractivity contribution in [2.75, 3.05) is 16.9 Å². The number of halogens is 1.